The molecule has 0 aromatic heterocycles. The number of benzene rings is 1. The van der Waals surface area contributed by atoms with Crippen molar-refractivity contribution >= 4 is 11.7 Å². The molecule has 1 saturated carbocycles. The second-order valence-electron chi connectivity index (χ2n) is 5.17. The van der Waals surface area contributed by atoms with Gasteiger partial charge in [0, 0.05) is 12.2 Å². The van der Waals surface area contributed by atoms with Gasteiger partial charge in [0.1, 0.15) is 0 Å². The molecule has 2 N–H and O–H groups in total. The number of carboxylic acid groups (broad SMARTS) is 1. The molecule has 90 valence electrons. The average Bonchev–Trinajstić information content (AvgIpc) is 3.08. The predicted octanol–water partition coefficient (Wildman–Crippen LogP) is 2.31. The van der Waals surface area contributed by atoms with E-state index in [-0.39, 0.29) is 5.92 Å². The molecule has 2 atom stereocenters. The zero-order valence-electron chi connectivity index (χ0n) is 9.78. The van der Waals surface area contributed by atoms with Crippen molar-refractivity contribution in [1.29, 1.82) is 0 Å². The van der Waals surface area contributed by atoms with Gasteiger partial charge in [-0.25, -0.2) is 0 Å². The molecule has 1 fully saturated rings. The van der Waals surface area contributed by atoms with Crippen molar-refractivity contribution < 1.29 is 9.90 Å². The first kappa shape index (κ1) is 10.6. The lowest BCUT2D eigenvalue weighted by atomic mass is 9.98. The number of anilines is 1. The van der Waals surface area contributed by atoms with Crippen LogP contribution in [-0.2, 0) is 17.6 Å². The number of nitrogens with one attached hydrogen (secondary N) is 1. The lowest BCUT2D eigenvalue weighted by Gasteiger charge is -2.18. The van der Waals surface area contributed by atoms with Crippen molar-refractivity contribution in [3.63, 3.8) is 0 Å². The maximum Gasteiger partial charge on any atom is 0.306 e. The Kier molecular flexibility index (Phi) is 2.54. The Morgan fingerprint density at radius 3 is 3.12 bits per heavy atom. The Morgan fingerprint density at radius 2 is 2.35 bits per heavy atom. The summed E-state index contributed by atoms with van der Waals surface area (Å²) in [7, 11) is 0. The molecule has 0 amide bonds. The molecule has 17 heavy (non-hydrogen) atoms. The van der Waals surface area contributed by atoms with Gasteiger partial charge >= 0.3 is 5.97 Å². The van der Waals surface area contributed by atoms with E-state index in [0.717, 1.165) is 25.8 Å². The Bertz CT molecular complexity index is 456. The summed E-state index contributed by atoms with van der Waals surface area (Å²) in [6.45, 7) is 1.07. The van der Waals surface area contributed by atoms with Crippen molar-refractivity contribution in [1.82, 2.24) is 0 Å². The maximum atomic E-state index is 10.8. The van der Waals surface area contributed by atoms with Gasteiger partial charge in [0.2, 0.25) is 0 Å². The highest BCUT2D eigenvalue weighted by atomic mass is 16.4. The lowest BCUT2D eigenvalue weighted by Crippen LogP contribution is -2.12. The molecule has 0 spiro atoms. The average molecular weight is 231 g/mol. The van der Waals surface area contributed by atoms with Crippen LogP contribution in [0.25, 0.3) is 0 Å². The highest BCUT2D eigenvalue weighted by Gasteiger charge is 2.42. The van der Waals surface area contributed by atoms with Gasteiger partial charge in [0.05, 0.1) is 5.92 Å². The fourth-order valence-electron chi connectivity index (χ4n) is 2.73. The zero-order valence-corrected chi connectivity index (χ0v) is 9.78. The standard InChI is InChI=1S/C14H17NO2/c16-14(17)12-8-11(12)7-9-3-4-13-10(6-9)2-1-5-15-13/h3-4,6,11-12,15H,1-2,5,7-8H2,(H,16,17). The van der Waals surface area contributed by atoms with E-state index in [1.807, 2.05) is 0 Å². The zero-order chi connectivity index (χ0) is 11.8. The number of hydrogen-bond acceptors (Lipinski definition) is 2. The SMILES string of the molecule is O=C(O)C1CC1Cc1ccc2c(c1)CCCN2. The van der Waals surface area contributed by atoms with Crippen molar-refractivity contribution in [2.24, 2.45) is 11.8 Å². The van der Waals surface area contributed by atoms with Gasteiger partial charge in [-0.2, -0.15) is 0 Å². The Labute approximate surface area is 101 Å². The number of aliphatic carboxylic acids is 1. The van der Waals surface area contributed by atoms with Crippen molar-refractivity contribution in [2.45, 2.75) is 25.7 Å². The second-order valence-corrected chi connectivity index (χ2v) is 5.17. The summed E-state index contributed by atoms with van der Waals surface area (Å²) in [5.41, 5.74) is 3.94. The molecule has 2 unspecified atom stereocenters. The molecule has 3 nitrogen and oxygen atoms in total. The van der Waals surface area contributed by atoms with E-state index in [1.165, 1.54) is 23.2 Å². The van der Waals surface area contributed by atoms with Crippen LogP contribution in [0.3, 0.4) is 0 Å². The summed E-state index contributed by atoms with van der Waals surface area (Å²) in [6, 6.07) is 6.52. The fourth-order valence-corrected chi connectivity index (χ4v) is 2.73. The molecule has 1 aromatic carbocycles. The molecule has 1 aliphatic heterocycles. The second kappa shape index (κ2) is 4.06. The fraction of sp³-hybridized carbons (Fsp3) is 0.500. The molecule has 0 saturated heterocycles. The van der Waals surface area contributed by atoms with Crippen LogP contribution in [0.4, 0.5) is 5.69 Å². The molecule has 0 radical (unpaired) electrons. The molecule has 3 heteroatoms. The highest BCUT2D eigenvalue weighted by molar-refractivity contribution is 5.73. The normalized spacial score (nSPS) is 25.9. The quantitative estimate of drug-likeness (QED) is 0.839. The molecule has 3 rings (SSSR count). The summed E-state index contributed by atoms with van der Waals surface area (Å²) in [4.78, 5) is 10.8. The first-order valence-electron chi connectivity index (χ1n) is 6.32. The highest BCUT2D eigenvalue weighted by Crippen LogP contribution is 2.41. The summed E-state index contributed by atoms with van der Waals surface area (Å²) >= 11 is 0. The molecule has 1 heterocycles. The van der Waals surface area contributed by atoms with Crippen LogP contribution >= 0.6 is 0 Å². The van der Waals surface area contributed by atoms with Gasteiger partial charge in [0.15, 0.2) is 0 Å². The number of fused-ring (bicyclic) bond motifs is 1. The van der Waals surface area contributed by atoms with Gasteiger partial charge in [-0.3, -0.25) is 4.79 Å². The van der Waals surface area contributed by atoms with Crippen molar-refractivity contribution in [2.75, 3.05) is 11.9 Å². The Morgan fingerprint density at radius 1 is 1.47 bits per heavy atom. The van der Waals surface area contributed by atoms with Gasteiger partial charge in [0.25, 0.3) is 0 Å². The van der Waals surface area contributed by atoms with Crippen LogP contribution in [0, 0.1) is 11.8 Å². The van der Waals surface area contributed by atoms with Crippen LogP contribution in [0.2, 0.25) is 0 Å². The minimum atomic E-state index is -0.630. The third-order valence-corrected chi connectivity index (χ3v) is 3.85. The van der Waals surface area contributed by atoms with Crippen LogP contribution in [0.5, 0.6) is 0 Å². The monoisotopic (exact) mass is 231 g/mol. The summed E-state index contributed by atoms with van der Waals surface area (Å²) in [5.74, 6) is -0.360. The van der Waals surface area contributed by atoms with Gasteiger partial charge in [-0.1, -0.05) is 12.1 Å². The van der Waals surface area contributed by atoms with E-state index in [2.05, 4.69) is 23.5 Å². The first-order valence-corrected chi connectivity index (χ1v) is 6.32. The maximum absolute atomic E-state index is 10.8. The summed E-state index contributed by atoms with van der Waals surface area (Å²) < 4.78 is 0. The first-order chi connectivity index (χ1) is 8.24. The van der Waals surface area contributed by atoms with Crippen molar-refractivity contribution in [3.05, 3.63) is 29.3 Å². The van der Waals surface area contributed by atoms with E-state index in [0.29, 0.717) is 5.92 Å². The van der Waals surface area contributed by atoms with E-state index >= 15 is 0 Å². The number of aryl methyl sites for hydroxylation is 1. The van der Waals surface area contributed by atoms with E-state index in [4.69, 9.17) is 5.11 Å². The molecule has 0 bridgehead atoms. The summed E-state index contributed by atoms with van der Waals surface area (Å²) in [6.07, 6.45) is 4.11. The van der Waals surface area contributed by atoms with Crippen LogP contribution in [0.1, 0.15) is 24.0 Å². The van der Waals surface area contributed by atoms with Gasteiger partial charge in [-0.15, -0.1) is 0 Å². The molecule has 2 aliphatic rings. The summed E-state index contributed by atoms with van der Waals surface area (Å²) in [5, 5.41) is 12.3. The molecular weight excluding hydrogens is 214 g/mol. The largest absolute Gasteiger partial charge is 0.481 e. The molecular formula is C14H17NO2. The molecule has 1 aromatic rings. The Hall–Kier alpha value is -1.51. The minimum absolute atomic E-state index is 0.0934. The number of carbonyl (C=O) groups is 1. The third-order valence-electron chi connectivity index (χ3n) is 3.85. The Balaban J connectivity index is 1.70. The predicted molar refractivity (Wildman–Crippen MR) is 66.2 cm³/mol. The lowest BCUT2D eigenvalue weighted by molar-refractivity contribution is -0.138. The van der Waals surface area contributed by atoms with Gasteiger partial charge in [-0.05, 0) is 48.8 Å². The third kappa shape index (κ3) is 2.14. The smallest absolute Gasteiger partial charge is 0.306 e. The number of hydrogen-bond donors (Lipinski definition) is 2. The van der Waals surface area contributed by atoms with Crippen LogP contribution < -0.4 is 5.32 Å². The van der Waals surface area contributed by atoms with Crippen LogP contribution in [-0.4, -0.2) is 17.6 Å². The number of rotatable bonds is 3. The van der Waals surface area contributed by atoms with Crippen molar-refractivity contribution in [3.8, 4) is 0 Å². The van der Waals surface area contributed by atoms with Crippen LogP contribution in [0.15, 0.2) is 18.2 Å². The van der Waals surface area contributed by atoms with E-state index in [9.17, 15) is 4.79 Å². The topological polar surface area (TPSA) is 49.3 Å². The van der Waals surface area contributed by atoms with Gasteiger partial charge < -0.3 is 10.4 Å². The van der Waals surface area contributed by atoms with E-state index < -0.39 is 5.97 Å². The molecule has 1 aliphatic carbocycles. The van der Waals surface area contributed by atoms with E-state index in [1.54, 1.807) is 0 Å². The minimum Gasteiger partial charge on any atom is -0.481 e. The number of carboxylic acids is 1.